The van der Waals surface area contributed by atoms with Gasteiger partial charge in [0.15, 0.2) is 0 Å². The Balaban J connectivity index is 1.87. The van der Waals surface area contributed by atoms with E-state index in [9.17, 15) is 14.9 Å². The minimum Gasteiger partial charge on any atom is -0.376 e. The van der Waals surface area contributed by atoms with Crippen LogP contribution in [0.5, 0.6) is 0 Å². The van der Waals surface area contributed by atoms with E-state index in [4.69, 9.17) is 0 Å². The molecule has 0 spiro atoms. The van der Waals surface area contributed by atoms with Crippen LogP contribution in [0.2, 0.25) is 0 Å². The molecule has 0 heterocycles. The number of nitrogens with one attached hydrogen (secondary N) is 2. The predicted molar refractivity (Wildman–Crippen MR) is 96.2 cm³/mol. The van der Waals surface area contributed by atoms with Gasteiger partial charge in [-0.3, -0.25) is 14.9 Å². The summed E-state index contributed by atoms with van der Waals surface area (Å²) in [5.41, 5.74) is 4.78. The number of rotatable bonds is 6. The summed E-state index contributed by atoms with van der Waals surface area (Å²) < 4.78 is 0.385. The number of halogens is 1. The van der Waals surface area contributed by atoms with Crippen LogP contribution in [0, 0.1) is 17.0 Å². The molecule has 0 aromatic heterocycles. The smallest absolute Gasteiger partial charge is 0.284 e. The van der Waals surface area contributed by atoms with Crippen molar-refractivity contribution in [2.75, 3.05) is 11.9 Å². The molecule has 2 rings (SSSR count). The van der Waals surface area contributed by atoms with Crippen LogP contribution >= 0.6 is 15.9 Å². The number of carbonyl (C=O) groups is 1. The highest BCUT2D eigenvalue weighted by Crippen LogP contribution is 2.24. The van der Waals surface area contributed by atoms with Gasteiger partial charge in [0.25, 0.3) is 11.6 Å². The maximum atomic E-state index is 11.7. The SMILES string of the molecule is Cc1ccc(NCC(=O)N/N=C\c2ccc(Br)c([N+](=O)[O-])c2)cc1. The lowest BCUT2D eigenvalue weighted by atomic mass is 10.2. The lowest BCUT2D eigenvalue weighted by Gasteiger charge is -2.05. The van der Waals surface area contributed by atoms with Gasteiger partial charge < -0.3 is 5.32 Å². The number of hydrogen-bond donors (Lipinski definition) is 2. The van der Waals surface area contributed by atoms with E-state index < -0.39 is 4.92 Å². The third-order valence-corrected chi connectivity index (χ3v) is 3.74. The van der Waals surface area contributed by atoms with Gasteiger partial charge in [-0.15, -0.1) is 0 Å². The molecular formula is C16H15BrN4O3. The first-order valence-electron chi connectivity index (χ1n) is 7.02. The summed E-state index contributed by atoms with van der Waals surface area (Å²) in [5.74, 6) is -0.321. The van der Waals surface area contributed by atoms with Gasteiger partial charge in [0.05, 0.1) is 22.2 Å². The van der Waals surface area contributed by atoms with Crippen LogP contribution in [0.15, 0.2) is 52.0 Å². The van der Waals surface area contributed by atoms with Crippen molar-refractivity contribution in [3.63, 3.8) is 0 Å². The molecule has 2 aromatic rings. The number of aryl methyl sites for hydroxylation is 1. The minimum absolute atomic E-state index is 0.0636. The number of anilines is 1. The van der Waals surface area contributed by atoms with Crippen molar-refractivity contribution >= 4 is 39.4 Å². The summed E-state index contributed by atoms with van der Waals surface area (Å²) in [6, 6.07) is 12.2. The average Bonchev–Trinajstić information content (AvgIpc) is 2.55. The van der Waals surface area contributed by atoms with Crippen molar-refractivity contribution in [1.82, 2.24) is 5.43 Å². The molecule has 0 aliphatic heterocycles. The monoisotopic (exact) mass is 390 g/mol. The van der Waals surface area contributed by atoms with E-state index in [-0.39, 0.29) is 18.1 Å². The first-order chi connectivity index (χ1) is 11.5. The number of hydrazone groups is 1. The summed E-state index contributed by atoms with van der Waals surface area (Å²) >= 11 is 3.11. The quantitative estimate of drug-likeness (QED) is 0.449. The molecule has 0 aliphatic rings. The molecule has 124 valence electrons. The average molecular weight is 391 g/mol. The van der Waals surface area contributed by atoms with Crippen molar-refractivity contribution in [1.29, 1.82) is 0 Å². The zero-order chi connectivity index (χ0) is 17.5. The molecule has 0 unspecified atom stereocenters. The molecule has 0 aliphatic carbocycles. The largest absolute Gasteiger partial charge is 0.376 e. The Kier molecular flexibility index (Phi) is 6.02. The Hall–Kier alpha value is -2.74. The van der Waals surface area contributed by atoms with Crippen LogP contribution in [0.1, 0.15) is 11.1 Å². The zero-order valence-electron chi connectivity index (χ0n) is 12.8. The molecule has 0 saturated carbocycles. The zero-order valence-corrected chi connectivity index (χ0v) is 14.4. The first kappa shape index (κ1) is 17.6. The summed E-state index contributed by atoms with van der Waals surface area (Å²) in [7, 11) is 0. The Labute approximate surface area is 147 Å². The molecular weight excluding hydrogens is 376 g/mol. The summed E-state index contributed by atoms with van der Waals surface area (Å²) in [5, 5.41) is 17.6. The number of nitro groups is 1. The van der Waals surface area contributed by atoms with Gasteiger partial charge in [0, 0.05) is 17.3 Å². The number of nitrogens with zero attached hydrogens (tertiary/aromatic N) is 2. The third-order valence-electron chi connectivity index (χ3n) is 3.07. The van der Waals surface area contributed by atoms with Crippen molar-refractivity contribution in [2.24, 2.45) is 5.10 Å². The van der Waals surface area contributed by atoms with E-state index in [1.54, 1.807) is 12.1 Å². The van der Waals surface area contributed by atoms with E-state index in [2.05, 4.69) is 31.8 Å². The number of amides is 1. The fourth-order valence-electron chi connectivity index (χ4n) is 1.82. The van der Waals surface area contributed by atoms with Gasteiger partial charge in [0.2, 0.25) is 0 Å². The molecule has 24 heavy (non-hydrogen) atoms. The highest BCUT2D eigenvalue weighted by Gasteiger charge is 2.11. The summed E-state index contributed by atoms with van der Waals surface area (Å²) in [6.45, 7) is 2.05. The Morgan fingerprint density at radius 2 is 2.00 bits per heavy atom. The normalized spacial score (nSPS) is 10.6. The van der Waals surface area contributed by atoms with Gasteiger partial charge >= 0.3 is 0 Å². The maximum absolute atomic E-state index is 11.7. The molecule has 0 radical (unpaired) electrons. The molecule has 7 nitrogen and oxygen atoms in total. The van der Waals surface area contributed by atoms with E-state index in [1.807, 2.05) is 31.2 Å². The lowest BCUT2D eigenvalue weighted by molar-refractivity contribution is -0.385. The first-order valence-corrected chi connectivity index (χ1v) is 7.81. The highest BCUT2D eigenvalue weighted by molar-refractivity contribution is 9.10. The van der Waals surface area contributed by atoms with E-state index in [0.29, 0.717) is 10.0 Å². The molecule has 1 amide bonds. The lowest BCUT2D eigenvalue weighted by Crippen LogP contribution is -2.25. The molecule has 2 aromatic carbocycles. The van der Waals surface area contributed by atoms with Gasteiger partial charge in [0.1, 0.15) is 0 Å². The van der Waals surface area contributed by atoms with Crippen LogP contribution in [0.3, 0.4) is 0 Å². The number of carbonyl (C=O) groups excluding carboxylic acids is 1. The molecule has 0 bridgehead atoms. The molecule has 2 N–H and O–H groups in total. The fourth-order valence-corrected chi connectivity index (χ4v) is 2.21. The second-order valence-corrected chi connectivity index (χ2v) is 5.84. The van der Waals surface area contributed by atoms with Crippen LogP contribution < -0.4 is 10.7 Å². The Morgan fingerprint density at radius 1 is 1.29 bits per heavy atom. The van der Waals surface area contributed by atoms with E-state index >= 15 is 0 Å². The highest BCUT2D eigenvalue weighted by atomic mass is 79.9. The number of benzene rings is 2. The number of hydrogen-bond acceptors (Lipinski definition) is 5. The standard InChI is InChI=1S/C16H15BrN4O3/c1-11-2-5-13(6-3-11)18-10-16(22)20-19-9-12-4-7-14(17)15(8-12)21(23)24/h2-9,18H,10H2,1H3,(H,20,22)/b19-9-. The summed E-state index contributed by atoms with van der Waals surface area (Å²) in [4.78, 5) is 22.1. The van der Waals surface area contributed by atoms with Crippen molar-refractivity contribution in [3.05, 3.63) is 68.2 Å². The van der Waals surface area contributed by atoms with Crippen molar-refractivity contribution < 1.29 is 9.72 Å². The molecule has 0 saturated heterocycles. The Bertz CT molecular complexity index is 775. The van der Waals surface area contributed by atoms with Crippen molar-refractivity contribution in [3.8, 4) is 0 Å². The molecule has 0 fully saturated rings. The second kappa shape index (κ2) is 8.21. The minimum atomic E-state index is -0.495. The Morgan fingerprint density at radius 3 is 2.67 bits per heavy atom. The van der Waals surface area contributed by atoms with E-state index in [0.717, 1.165) is 11.3 Å². The number of nitro benzene ring substituents is 1. The fraction of sp³-hybridized carbons (Fsp3) is 0.125. The second-order valence-electron chi connectivity index (χ2n) is 4.98. The third kappa shape index (κ3) is 5.17. The van der Waals surface area contributed by atoms with E-state index in [1.165, 1.54) is 12.3 Å². The van der Waals surface area contributed by atoms with Crippen molar-refractivity contribution in [2.45, 2.75) is 6.92 Å². The van der Waals surface area contributed by atoms with Crippen LogP contribution in [-0.4, -0.2) is 23.6 Å². The maximum Gasteiger partial charge on any atom is 0.284 e. The topological polar surface area (TPSA) is 96.6 Å². The molecule has 0 atom stereocenters. The van der Waals surface area contributed by atoms with Crippen LogP contribution in [0.4, 0.5) is 11.4 Å². The van der Waals surface area contributed by atoms with Gasteiger partial charge in [-0.05, 0) is 41.1 Å². The van der Waals surface area contributed by atoms with Gasteiger partial charge in [-0.25, -0.2) is 5.43 Å². The molecule has 8 heteroatoms. The van der Waals surface area contributed by atoms with Crippen LogP contribution in [-0.2, 0) is 4.79 Å². The summed E-state index contributed by atoms with van der Waals surface area (Å²) in [6.07, 6.45) is 1.35. The van der Waals surface area contributed by atoms with Crippen LogP contribution in [0.25, 0.3) is 0 Å². The predicted octanol–water partition coefficient (Wildman–Crippen LogP) is 3.23. The van der Waals surface area contributed by atoms with Gasteiger partial charge in [-0.1, -0.05) is 23.8 Å². The van der Waals surface area contributed by atoms with Gasteiger partial charge in [-0.2, -0.15) is 5.10 Å².